The van der Waals surface area contributed by atoms with E-state index in [2.05, 4.69) is 10.5 Å². The Bertz CT molecular complexity index is 798. The quantitative estimate of drug-likeness (QED) is 0.604. The smallest absolute Gasteiger partial charge is 0.260 e. The molecule has 0 bridgehead atoms. The normalized spacial score (nSPS) is 11.6. The first-order chi connectivity index (χ1) is 11.4. The second kappa shape index (κ2) is 8.07. The van der Waals surface area contributed by atoms with E-state index in [0.717, 1.165) is 27.4 Å². The fourth-order valence-electron chi connectivity index (χ4n) is 2.00. The summed E-state index contributed by atoms with van der Waals surface area (Å²) in [6.07, 6.45) is 3.45. The van der Waals surface area contributed by atoms with Gasteiger partial charge < -0.3 is 0 Å². The van der Waals surface area contributed by atoms with E-state index in [1.54, 1.807) is 12.1 Å². The minimum absolute atomic E-state index is 0.327. The van der Waals surface area contributed by atoms with Crippen LogP contribution < -0.4 is 9.73 Å². The average Bonchev–Trinajstić information content (AvgIpc) is 3.05. The second-order valence-electron chi connectivity index (χ2n) is 5.10. The number of anilines is 1. The Morgan fingerprint density at radius 3 is 2.54 bits per heavy atom. The molecule has 1 N–H and O–H groups in total. The molecule has 0 saturated carbocycles. The van der Waals surface area contributed by atoms with Gasteiger partial charge in [-0.3, -0.25) is 9.10 Å². The average molecular weight is 365 g/mol. The number of hydrogen-bond donors (Lipinski definition) is 1. The number of rotatable bonds is 7. The third kappa shape index (κ3) is 5.17. The molecule has 0 aliphatic rings. The molecule has 0 fully saturated rings. The third-order valence-electron chi connectivity index (χ3n) is 3.24. The zero-order valence-electron chi connectivity index (χ0n) is 13.5. The fraction of sp³-hybridized carbons (Fsp3) is 0.250. The summed E-state index contributed by atoms with van der Waals surface area (Å²) in [6, 6.07) is 10.8. The Kier molecular flexibility index (Phi) is 6.10. The molecule has 1 heterocycles. The summed E-state index contributed by atoms with van der Waals surface area (Å²) in [5.41, 5.74) is 3.89. The van der Waals surface area contributed by atoms with Gasteiger partial charge in [0.1, 0.15) is 6.54 Å². The van der Waals surface area contributed by atoms with E-state index in [9.17, 15) is 13.2 Å². The summed E-state index contributed by atoms with van der Waals surface area (Å²) < 4.78 is 25.0. The lowest BCUT2D eigenvalue weighted by Gasteiger charge is -2.21. The summed E-state index contributed by atoms with van der Waals surface area (Å²) in [7, 11) is -3.58. The number of amides is 1. The third-order valence-corrected chi connectivity index (χ3v) is 5.19. The number of sulfonamides is 1. The van der Waals surface area contributed by atoms with Crippen molar-refractivity contribution in [3.8, 4) is 0 Å². The van der Waals surface area contributed by atoms with Gasteiger partial charge in [-0.05, 0) is 35.6 Å². The van der Waals surface area contributed by atoms with Crippen molar-refractivity contribution in [3.05, 3.63) is 52.2 Å². The summed E-state index contributed by atoms with van der Waals surface area (Å²) >= 11 is 1.49. The van der Waals surface area contributed by atoms with Crippen LogP contribution in [0.1, 0.15) is 17.4 Å². The van der Waals surface area contributed by atoms with E-state index in [-0.39, 0.29) is 6.54 Å². The van der Waals surface area contributed by atoms with Crippen molar-refractivity contribution in [1.82, 2.24) is 5.43 Å². The van der Waals surface area contributed by atoms with Gasteiger partial charge >= 0.3 is 0 Å². The highest BCUT2D eigenvalue weighted by atomic mass is 32.2. The van der Waals surface area contributed by atoms with Crippen LogP contribution >= 0.6 is 11.3 Å². The monoisotopic (exact) mass is 365 g/mol. The molecule has 1 aromatic heterocycles. The Morgan fingerprint density at radius 2 is 2.00 bits per heavy atom. The molecule has 6 nitrogen and oxygen atoms in total. The van der Waals surface area contributed by atoms with Gasteiger partial charge in [-0.15, -0.1) is 11.3 Å². The number of carbonyl (C=O) groups is 1. The highest BCUT2D eigenvalue weighted by molar-refractivity contribution is 7.92. The molecule has 1 aromatic carbocycles. The van der Waals surface area contributed by atoms with Crippen LogP contribution in [0.2, 0.25) is 0 Å². The Hall–Kier alpha value is -2.19. The molecule has 1 amide bonds. The standard InChI is InChI=1S/C16H19N3O3S2/c1-3-13-6-8-14(9-7-13)19(24(2,21)22)12-16(20)18-17-11-15-5-4-10-23-15/h4-11H,3,12H2,1-2H3,(H,18,20)/b17-11-. The lowest BCUT2D eigenvalue weighted by molar-refractivity contribution is -0.119. The zero-order valence-corrected chi connectivity index (χ0v) is 15.1. The van der Waals surface area contributed by atoms with Crippen molar-refractivity contribution >= 4 is 39.2 Å². The van der Waals surface area contributed by atoms with Gasteiger partial charge in [-0.1, -0.05) is 25.1 Å². The van der Waals surface area contributed by atoms with Crippen molar-refractivity contribution in [3.63, 3.8) is 0 Å². The topological polar surface area (TPSA) is 78.8 Å². The molecule has 0 saturated heterocycles. The van der Waals surface area contributed by atoms with Crippen LogP contribution in [0.4, 0.5) is 5.69 Å². The van der Waals surface area contributed by atoms with Gasteiger partial charge in [-0.25, -0.2) is 13.8 Å². The predicted octanol–water partition coefficient (Wildman–Crippen LogP) is 2.23. The lowest BCUT2D eigenvalue weighted by atomic mass is 10.1. The SMILES string of the molecule is CCc1ccc(N(CC(=O)N/N=C\c2cccs2)S(C)(=O)=O)cc1. The van der Waals surface area contributed by atoms with E-state index in [1.807, 2.05) is 36.6 Å². The molecular formula is C16H19N3O3S2. The summed E-state index contributed by atoms with van der Waals surface area (Å²) in [5, 5.41) is 5.73. The van der Waals surface area contributed by atoms with Crippen LogP contribution in [-0.2, 0) is 21.2 Å². The maximum atomic E-state index is 12.0. The molecular weight excluding hydrogens is 346 g/mol. The maximum Gasteiger partial charge on any atom is 0.260 e. The highest BCUT2D eigenvalue weighted by Crippen LogP contribution is 2.18. The zero-order chi connectivity index (χ0) is 17.6. The number of aryl methyl sites for hydroxylation is 1. The summed E-state index contributed by atoms with van der Waals surface area (Å²) in [5.74, 6) is -0.507. The van der Waals surface area contributed by atoms with Gasteiger partial charge in [0.15, 0.2) is 0 Å². The van der Waals surface area contributed by atoms with Crippen LogP contribution in [0.15, 0.2) is 46.9 Å². The minimum atomic E-state index is -3.58. The van der Waals surface area contributed by atoms with E-state index in [0.29, 0.717) is 5.69 Å². The fourth-order valence-corrected chi connectivity index (χ4v) is 3.44. The first-order valence-corrected chi connectivity index (χ1v) is 10.0. The van der Waals surface area contributed by atoms with E-state index in [1.165, 1.54) is 17.6 Å². The number of benzene rings is 1. The second-order valence-corrected chi connectivity index (χ2v) is 7.98. The largest absolute Gasteiger partial charge is 0.271 e. The van der Waals surface area contributed by atoms with Gasteiger partial charge in [0.2, 0.25) is 10.0 Å². The van der Waals surface area contributed by atoms with Crippen LogP contribution in [0.25, 0.3) is 0 Å². The van der Waals surface area contributed by atoms with Crippen LogP contribution in [-0.4, -0.2) is 33.3 Å². The molecule has 0 aliphatic heterocycles. The Labute approximate surface area is 145 Å². The number of carbonyl (C=O) groups excluding carboxylic acids is 1. The molecule has 0 radical (unpaired) electrons. The van der Waals surface area contributed by atoms with E-state index in [4.69, 9.17) is 0 Å². The van der Waals surface area contributed by atoms with E-state index < -0.39 is 15.9 Å². The van der Waals surface area contributed by atoms with E-state index >= 15 is 0 Å². The predicted molar refractivity (Wildman–Crippen MR) is 98.1 cm³/mol. The number of hydrogen-bond acceptors (Lipinski definition) is 5. The molecule has 128 valence electrons. The first kappa shape index (κ1) is 18.2. The Morgan fingerprint density at radius 1 is 1.29 bits per heavy atom. The molecule has 0 unspecified atom stereocenters. The maximum absolute atomic E-state index is 12.0. The molecule has 0 aliphatic carbocycles. The first-order valence-electron chi connectivity index (χ1n) is 7.32. The van der Waals surface area contributed by atoms with Gasteiger partial charge in [-0.2, -0.15) is 5.10 Å². The van der Waals surface area contributed by atoms with Gasteiger partial charge in [0.25, 0.3) is 5.91 Å². The molecule has 24 heavy (non-hydrogen) atoms. The summed E-state index contributed by atoms with van der Waals surface area (Å²) in [4.78, 5) is 12.9. The molecule has 0 atom stereocenters. The highest BCUT2D eigenvalue weighted by Gasteiger charge is 2.20. The summed E-state index contributed by atoms with van der Waals surface area (Å²) in [6.45, 7) is 1.69. The van der Waals surface area contributed by atoms with Crippen molar-refractivity contribution in [2.45, 2.75) is 13.3 Å². The van der Waals surface area contributed by atoms with Gasteiger partial charge in [0, 0.05) is 4.88 Å². The minimum Gasteiger partial charge on any atom is -0.271 e. The number of nitrogens with zero attached hydrogens (tertiary/aromatic N) is 2. The molecule has 8 heteroatoms. The Balaban J connectivity index is 2.06. The molecule has 2 rings (SSSR count). The van der Waals surface area contributed by atoms with Crippen LogP contribution in [0.3, 0.4) is 0 Å². The van der Waals surface area contributed by atoms with Crippen molar-refractivity contribution < 1.29 is 13.2 Å². The molecule has 2 aromatic rings. The number of nitrogens with one attached hydrogen (secondary N) is 1. The van der Waals surface area contributed by atoms with Crippen molar-refractivity contribution in [2.75, 3.05) is 17.1 Å². The van der Waals surface area contributed by atoms with Crippen LogP contribution in [0, 0.1) is 0 Å². The molecule has 0 spiro atoms. The van der Waals surface area contributed by atoms with Crippen molar-refractivity contribution in [2.24, 2.45) is 5.10 Å². The number of hydrazone groups is 1. The number of thiophene rings is 1. The van der Waals surface area contributed by atoms with Crippen molar-refractivity contribution in [1.29, 1.82) is 0 Å². The van der Waals surface area contributed by atoms with Gasteiger partial charge in [0.05, 0.1) is 18.2 Å². The lowest BCUT2D eigenvalue weighted by Crippen LogP contribution is -2.39. The van der Waals surface area contributed by atoms with Crippen LogP contribution in [0.5, 0.6) is 0 Å².